The van der Waals surface area contributed by atoms with Crippen LogP contribution in [0.5, 0.6) is 0 Å². The zero-order valence-electron chi connectivity index (χ0n) is 22.8. The highest BCUT2D eigenvalue weighted by Crippen LogP contribution is 2.24. The Morgan fingerprint density at radius 2 is 1.47 bits per heavy atom. The molecule has 1 saturated carbocycles. The minimum atomic E-state index is 0.446. The number of fused-ring (bicyclic) bond motifs is 1. The van der Waals surface area contributed by atoms with Crippen molar-refractivity contribution in [1.29, 1.82) is 0 Å². The number of anilines is 2. The van der Waals surface area contributed by atoms with E-state index in [1.54, 1.807) is 0 Å². The van der Waals surface area contributed by atoms with Gasteiger partial charge in [0, 0.05) is 30.6 Å². The van der Waals surface area contributed by atoms with Crippen LogP contribution in [0.2, 0.25) is 0 Å². The van der Waals surface area contributed by atoms with E-state index in [4.69, 9.17) is 9.97 Å². The lowest BCUT2D eigenvalue weighted by Crippen LogP contribution is -2.35. The second-order valence-corrected chi connectivity index (χ2v) is 10.9. The molecule has 5 N–H and O–H groups in total. The van der Waals surface area contributed by atoms with Crippen LogP contribution in [0.15, 0.2) is 48.5 Å². The SMILES string of the molecule is c1ccc2c(NC3CCNCC3)nc(NCc3ccc(CNCCCNC4CCCCCC4)cc3)nc2c1. The summed E-state index contributed by atoms with van der Waals surface area (Å²) < 4.78 is 0. The molecule has 1 aliphatic heterocycles. The van der Waals surface area contributed by atoms with E-state index in [1.807, 2.05) is 6.07 Å². The fraction of sp³-hybridized carbons (Fsp3) is 0.548. The quantitative estimate of drug-likeness (QED) is 0.167. The van der Waals surface area contributed by atoms with E-state index in [1.165, 1.54) is 56.1 Å². The lowest BCUT2D eigenvalue weighted by atomic mass is 10.1. The molecule has 7 heteroatoms. The number of piperidine rings is 1. The normalized spacial score (nSPS) is 17.4. The molecule has 1 saturated heterocycles. The summed E-state index contributed by atoms with van der Waals surface area (Å²) in [4.78, 5) is 9.63. The second-order valence-electron chi connectivity index (χ2n) is 10.9. The van der Waals surface area contributed by atoms with Crippen molar-refractivity contribution in [3.05, 3.63) is 59.7 Å². The standard InChI is InChI=1S/C31H45N7/c1-2-4-9-26(8-3-1)34-19-7-18-33-22-24-12-14-25(15-13-24)23-35-31-37-29-11-6-5-10-28(29)30(38-31)36-27-16-20-32-21-17-27/h5-6,10-15,26-27,32-34H,1-4,7-9,16-23H2,(H2,35,36,37,38). The average molecular weight is 516 g/mol. The Labute approximate surface area is 228 Å². The number of hydrogen-bond acceptors (Lipinski definition) is 7. The van der Waals surface area contributed by atoms with Crippen molar-refractivity contribution in [2.24, 2.45) is 0 Å². The van der Waals surface area contributed by atoms with Gasteiger partial charge < -0.3 is 26.6 Å². The van der Waals surface area contributed by atoms with Crippen LogP contribution >= 0.6 is 0 Å². The van der Waals surface area contributed by atoms with Gasteiger partial charge in [0.15, 0.2) is 0 Å². The fourth-order valence-corrected chi connectivity index (χ4v) is 5.62. The van der Waals surface area contributed by atoms with Crippen molar-refractivity contribution < 1.29 is 0 Å². The molecule has 7 nitrogen and oxygen atoms in total. The molecule has 204 valence electrons. The summed E-state index contributed by atoms with van der Waals surface area (Å²) in [6, 6.07) is 18.3. The molecule has 38 heavy (non-hydrogen) atoms. The predicted molar refractivity (Wildman–Crippen MR) is 159 cm³/mol. The molecule has 0 bridgehead atoms. The van der Waals surface area contributed by atoms with Crippen LogP contribution in [-0.2, 0) is 13.1 Å². The highest BCUT2D eigenvalue weighted by molar-refractivity contribution is 5.90. The minimum Gasteiger partial charge on any atom is -0.367 e. The van der Waals surface area contributed by atoms with E-state index >= 15 is 0 Å². The summed E-state index contributed by atoms with van der Waals surface area (Å²) in [6.07, 6.45) is 11.8. The average Bonchev–Trinajstić information content (AvgIpc) is 3.24. The van der Waals surface area contributed by atoms with Gasteiger partial charge in [-0.1, -0.05) is 62.1 Å². The van der Waals surface area contributed by atoms with Crippen LogP contribution < -0.4 is 26.6 Å². The van der Waals surface area contributed by atoms with Gasteiger partial charge >= 0.3 is 0 Å². The third kappa shape index (κ3) is 8.13. The first-order valence-electron chi connectivity index (χ1n) is 14.8. The zero-order valence-corrected chi connectivity index (χ0v) is 22.8. The monoisotopic (exact) mass is 515 g/mol. The molecular weight excluding hydrogens is 470 g/mol. The first kappa shape index (κ1) is 26.9. The third-order valence-electron chi connectivity index (χ3n) is 7.90. The van der Waals surface area contributed by atoms with Gasteiger partial charge in [-0.25, -0.2) is 4.98 Å². The van der Waals surface area contributed by atoms with Crippen molar-refractivity contribution in [3.63, 3.8) is 0 Å². The third-order valence-corrected chi connectivity index (χ3v) is 7.90. The summed E-state index contributed by atoms with van der Waals surface area (Å²) in [5, 5.41) is 19.0. The summed E-state index contributed by atoms with van der Waals surface area (Å²) >= 11 is 0. The molecule has 2 aromatic carbocycles. The second kappa shape index (κ2) is 14.4. The van der Waals surface area contributed by atoms with Crippen molar-refractivity contribution in [1.82, 2.24) is 25.9 Å². The van der Waals surface area contributed by atoms with Crippen LogP contribution in [0.3, 0.4) is 0 Å². The molecule has 1 aliphatic carbocycles. The van der Waals surface area contributed by atoms with Crippen molar-refractivity contribution >= 4 is 22.7 Å². The molecule has 3 aromatic rings. The predicted octanol–water partition coefficient (Wildman–Crippen LogP) is 5.20. The molecule has 5 rings (SSSR count). The van der Waals surface area contributed by atoms with Gasteiger partial charge in [0.05, 0.1) is 5.52 Å². The Morgan fingerprint density at radius 3 is 2.26 bits per heavy atom. The number of nitrogens with one attached hydrogen (secondary N) is 5. The van der Waals surface area contributed by atoms with E-state index in [0.29, 0.717) is 18.5 Å². The molecule has 2 fully saturated rings. The minimum absolute atomic E-state index is 0.446. The lowest BCUT2D eigenvalue weighted by molar-refractivity contribution is 0.451. The summed E-state index contributed by atoms with van der Waals surface area (Å²) in [6.45, 7) is 5.89. The summed E-state index contributed by atoms with van der Waals surface area (Å²) in [7, 11) is 0. The lowest BCUT2D eigenvalue weighted by Gasteiger charge is -2.25. The smallest absolute Gasteiger partial charge is 0.225 e. The number of rotatable bonds is 12. The largest absolute Gasteiger partial charge is 0.367 e. The fourth-order valence-electron chi connectivity index (χ4n) is 5.62. The molecule has 0 amide bonds. The van der Waals surface area contributed by atoms with Gasteiger partial charge in [0.1, 0.15) is 5.82 Å². The van der Waals surface area contributed by atoms with E-state index in [0.717, 1.165) is 68.3 Å². The van der Waals surface area contributed by atoms with Crippen LogP contribution in [-0.4, -0.2) is 48.2 Å². The van der Waals surface area contributed by atoms with E-state index < -0.39 is 0 Å². The summed E-state index contributed by atoms with van der Waals surface area (Å²) in [5.41, 5.74) is 3.51. The number of hydrogen-bond donors (Lipinski definition) is 5. The maximum Gasteiger partial charge on any atom is 0.225 e. The van der Waals surface area contributed by atoms with Crippen molar-refractivity contribution in [2.75, 3.05) is 36.8 Å². The van der Waals surface area contributed by atoms with Gasteiger partial charge in [-0.05, 0) is 81.5 Å². The molecule has 0 atom stereocenters. The molecule has 0 unspecified atom stereocenters. The number of aromatic nitrogens is 2. The zero-order chi connectivity index (χ0) is 25.8. The number of para-hydroxylation sites is 1. The van der Waals surface area contributed by atoms with Gasteiger partial charge in [0.2, 0.25) is 5.95 Å². The number of benzene rings is 2. The Morgan fingerprint density at radius 1 is 0.737 bits per heavy atom. The van der Waals surface area contributed by atoms with Crippen molar-refractivity contribution in [2.45, 2.75) is 83.0 Å². The molecular formula is C31H45N7. The van der Waals surface area contributed by atoms with Crippen LogP contribution in [0.4, 0.5) is 11.8 Å². The van der Waals surface area contributed by atoms with E-state index in [9.17, 15) is 0 Å². The highest BCUT2D eigenvalue weighted by atomic mass is 15.2. The van der Waals surface area contributed by atoms with E-state index in [2.05, 4.69) is 69.0 Å². The molecule has 0 radical (unpaired) electrons. The Bertz CT molecular complexity index is 1100. The topological polar surface area (TPSA) is 85.9 Å². The maximum atomic E-state index is 4.86. The Balaban J connectivity index is 1.07. The van der Waals surface area contributed by atoms with Gasteiger partial charge in [0.25, 0.3) is 0 Å². The van der Waals surface area contributed by atoms with Crippen molar-refractivity contribution in [3.8, 4) is 0 Å². The van der Waals surface area contributed by atoms with Gasteiger partial charge in [-0.3, -0.25) is 0 Å². The van der Waals surface area contributed by atoms with Crippen LogP contribution in [0.1, 0.15) is 68.9 Å². The molecule has 0 spiro atoms. The van der Waals surface area contributed by atoms with Crippen LogP contribution in [0.25, 0.3) is 10.9 Å². The van der Waals surface area contributed by atoms with Gasteiger partial charge in [-0.15, -0.1) is 0 Å². The first-order chi connectivity index (χ1) is 18.8. The maximum absolute atomic E-state index is 4.86. The van der Waals surface area contributed by atoms with E-state index in [-0.39, 0.29) is 0 Å². The van der Waals surface area contributed by atoms with Crippen LogP contribution in [0, 0.1) is 0 Å². The summed E-state index contributed by atoms with van der Waals surface area (Å²) in [5.74, 6) is 1.60. The first-order valence-corrected chi connectivity index (χ1v) is 14.8. The molecule has 2 aliphatic rings. The number of nitrogens with zero attached hydrogens (tertiary/aromatic N) is 2. The Hall–Kier alpha value is -2.74. The van der Waals surface area contributed by atoms with Gasteiger partial charge in [-0.2, -0.15) is 4.98 Å². The molecule has 2 heterocycles. The Kier molecular flexibility index (Phi) is 10.2. The molecule has 1 aromatic heterocycles. The highest BCUT2D eigenvalue weighted by Gasteiger charge is 2.16.